The van der Waals surface area contributed by atoms with Gasteiger partial charge in [-0.25, -0.2) is 0 Å². The fourth-order valence-corrected chi connectivity index (χ4v) is 3.05. The fraction of sp³-hybridized carbons (Fsp3) is 0.333. The van der Waals surface area contributed by atoms with Crippen LogP contribution >= 0.6 is 0 Å². The molecule has 3 nitrogen and oxygen atoms in total. The first-order valence-corrected chi connectivity index (χ1v) is 8.94. The SMILES string of the molecule is [B]C([B])(CN(C)C(C)C)c1c[nH]c2cccc(OCc3ccccc3)c12. The molecule has 0 saturated heterocycles. The number of hydrogen-bond donors (Lipinski definition) is 1. The molecule has 130 valence electrons. The van der Waals surface area contributed by atoms with Gasteiger partial charge in [0.25, 0.3) is 0 Å². The Morgan fingerprint density at radius 2 is 1.81 bits per heavy atom. The van der Waals surface area contributed by atoms with E-state index in [0.29, 0.717) is 19.2 Å². The molecule has 4 radical (unpaired) electrons. The molecule has 26 heavy (non-hydrogen) atoms. The summed E-state index contributed by atoms with van der Waals surface area (Å²) in [5.41, 5.74) is 2.95. The van der Waals surface area contributed by atoms with Crippen LogP contribution in [0.4, 0.5) is 0 Å². The Hall–Kier alpha value is -2.13. The summed E-state index contributed by atoms with van der Waals surface area (Å²) >= 11 is 0. The molecule has 1 aromatic heterocycles. The summed E-state index contributed by atoms with van der Waals surface area (Å²) in [5.74, 6) is 0.787. The predicted octanol–water partition coefficient (Wildman–Crippen LogP) is 3.58. The van der Waals surface area contributed by atoms with Crippen LogP contribution in [-0.2, 0) is 11.8 Å². The molecule has 0 spiro atoms. The summed E-state index contributed by atoms with van der Waals surface area (Å²) in [4.78, 5) is 5.42. The molecule has 0 atom stereocenters. The van der Waals surface area contributed by atoms with Crippen molar-refractivity contribution in [3.05, 3.63) is 65.9 Å². The van der Waals surface area contributed by atoms with Gasteiger partial charge in [0, 0.05) is 23.1 Å². The zero-order valence-corrected chi connectivity index (χ0v) is 15.7. The molecule has 0 amide bonds. The Balaban J connectivity index is 1.92. The number of nitrogens with one attached hydrogen (secondary N) is 1. The largest absolute Gasteiger partial charge is 0.488 e. The average molecular weight is 342 g/mol. The molecule has 0 aliphatic heterocycles. The standard InChI is InChI=1S/C21H24B2N2O/c1-15(2)25(3)14-21(22,23)17-12-24-18-10-7-11-19(20(17)18)26-13-16-8-5-4-6-9-16/h4-12,15,24H,13-14H2,1-3H3. The van der Waals surface area contributed by atoms with E-state index in [1.165, 1.54) is 0 Å². The van der Waals surface area contributed by atoms with Crippen LogP contribution in [0, 0.1) is 0 Å². The van der Waals surface area contributed by atoms with Gasteiger partial charge in [-0.15, -0.1) is 0 Å². The molecule has 1 heterocycles. The first-order valence-electron chi connectivity index (χ1n) is 8.94. The van der Waals surface area contributed by atoms with E-state index in [0.717, 1.165) is 27.8 Å². The maximum absolute atomic E-state index is 6.52. The minimum absolute atomic E-state index is 0.362. The lowest BCUT2D eigenvalue weighted by atomic mass is 9.50. The number of nitrogens with zero attached hydrogens (tertiary/aromatic N) is 1. The van der Waals surface area contributed by atoms with E-state index in [4.69, 9.17) is 20.4 Å². The Morgan fingerprint density at radius 3 is 2.50 bits per heavy atom. The zero-order valence-electron chi connectivity index (χ0n) is 15.7. The normalized spacial score (nSPS) is 12.2. The molecular formula is C21H24B2N2O. The molecule has 3 rings (SSSR count). The number of likely N-dealkylation sites (N-methyl/N-ethyl adjacent to an activating group) is 1. The molecule has 3 aromatic rings. The van der Waals surface area contributed by atoms with Gasteiger partial charge in [0.15, 0.2) is 0 Å². The van der Waals surface area contributed by atoms with E-state index >= 15 is 0 Å². The zero-order chi connectivity index (χ0) is 18.7. The van der Waals surface area contributed by atoms with Crippen molar-refractivity contribution >= 4 is 26.6 Å². The molecular weight excluding hydrogens is 318 g/mol. The van der Waals surface area contributed by atoms with E-state index in [9.17, 15) is 0 Å². The second-order valence-corrected chi connectivity index (χ2v) is 7.20. The quantitative estimate of drug-likeness (QED) is 0.665. The van der Waals surface area contributed by atoms with Crippen LogP contribution in [0.15, 0.2) is 54.7 Å². The smallest absolute Gasteiger partial charge is 0.129 e. The van der Waals surface area contributed by atoms with Gasteiger partial charge in [0.05, 0.1) is 15.7 Å². The van der Waals surface area contributed by atoms with Crippen molar-refractivity contribution in [1.82, 2.24) is 9.88 Å². The third-order valence-electron chi connectivity index (χ3n) is 4.80. The number of H-pyrrole nitrogens is 1. The van der Waals surface area contributed by atoms with Gasteiger partial charge in [-0.05, 0) is 50.7 Å². The molecule has 0 aliphatic carbocycles. The number of ether oxygens (including phenoxy) is 1. The minimum Gasteiger partial charge on any atom is -0.488 e. The van der Waals surface area contributed by atoms with Crippen LogP contribution in [-0.4, -0.2) is 45.2 Å². The Labute approximate surface area is 158 Å². The molecule has 1 N–H and O–H groups in total. The second kappa shape index (κ2) is 7.63. The number of aromatic nitrogens is 1. The van der Waals surface area contributed by atoms with Crippen LogP contribution in [0.1, 0.15) is 25.0 Å². The topological polar surface area (TPSA) is 28.3 Å². The highest BCUT2D eigenvalue weighted by molar-refractivity contribution is 6.41. The summed E-state index contributed by atoms with van der Waals surface area (Å²) in [6, 6.07) is 16.4. The average Bonchev–Trinajstić information content (AvgIpc) is 3.06. The summed E-state index contributed by atoms with van der Waals surface area (Å²) < 4.78 is 6.11. The Morgan fingerprint density at radius 1 is 1.08 bits per heavy atom. The number of aromatic amines is 1. The molecule has 5 heteroatoms. The van der Waals surface area contributed by atoms with Crippen molar-refractivity contribution < 1.29 is 4.74 Å². The second-order valence-electron chi connectivity index (χ2n) is 7.20. The highest BCUT2D eigenvalue weighted by Crippen LogP contribution is 2.34. The van der Waals surface area contributed by atoms with Crippen molar-refractivity contribution in [2.75, 3.05) is 13.6 Å². The van der Waals surface area contributed by atoms with Gasteiger partial charge >= 0.3 is 0 Å². The van der Waals surface area contributed by atoms with Crippen molar-refractivity contribution in [3.8, 4) is 5.75 Å². The van der Waals surface area contributed by atoms with Gasteiger partial charge in [-0.3, -0.25) is 0 Å². The number of fused-ring (bicyclic) bond motifs is 1. The highest BCUT2D eigenvalue weighted by atomic mass is 16.5. The van der Waals surface area contributed by atoms with E-state index < -0.39 is 5.21 Å². The van der Waals surface area contributed by atoms with E-state index in [2.05, 4.69) is 23.7 Å². The summed E-state index contributed by atoms with van der Waals surface area (Å²) in [7, 11) is 15.1. The van der Waals surface area contributed by atoms with Crippen molar-refractivity contribution in [3.63, 3.8) is 0 Å². The number of benzene rings is 2. The number of hydrogen-bond acceptors (Lipinski definition) is 2. The Bertz CT molecular complexity index is 859. The van der Waals surface area contributed by atoms with Gasteiger partial charge in [0.1, 0.15) is 12.4 Å². The van der Waals surface area contributed by atoms with Crippen molar-refractivity contribution in [2.24, 2.45) is 0 Å². The van der Waals surface area contributed by atoms with Crippen LogP contribution in [0.3, 0.4) is 0 Å². The maximum atomic E-state index is 6.52. The van der Waals surface area contributed by atoms with E-state index in [-0.39, 0.29) is 0 Å². The highest BCUT2D eigenvalue weighted by Gasteiger charge is 2.27. The summed E-state index contributed by atoms with van der Waals surface area (Å²) in [6.45, 7) is 5.29. The van der Waals surface area contributed by atoms with Crippen LogP contribution in [0.2, 0.25) is 0 Å². The lowest BCUT2D eigenvalue weighted by Gasteiger charge is -2.33. The lowest BCUT2D eigenvalue weighted by Crippen LogP contribution is -2.42. The van der Waals surface area contributed by atoms with E-state index in [1.807, 2.05) is 61.8 Å². The third-order valence-corrected chi connectivity index (χ3v) is 4.80. The van der Waals surface area contributed by atoms with Gasteiger partial charge in [0.2, 0.25) is 0 Å². The van der Waals surface area contributed by atoms with Gasteiger partial charge < -0.3 is 14.6 Å². The Kier molecular flexibility index (Phi) is 5.47. The predicted molar refractivity (Wildman–Crippen MR) is 110 cm³/mol. The van der Waals surface area contributed by atoms with Crippen LogP contribution in [0.5, 0.6) is 5.75 Å². The molecule has 0 saturated carbocycles. The fourth-order valence-electron chi connectivity index (χ4n) is 3.05. The van der Waals surface area contributed by atoms with Crippen molar-refractivity contribution in [1.29, 1.82) is 0 Å². The summed E-state index contributed by atoms with van der Waals surface area (Å²) in [5, 5.41) is -0.0330. The number of rotatable bonds is 7. The molecule has 0 unspecified atom stereocenters. The third kappa shape index (κ3) is 3.99. The summed E-state index contributed by atoms with van der Waals surface area (Å²) in [6.07, 6.45) is 1.90. The molecule has 2 aromatic carbocycles. The minimum atomic E-state index is -0.983. The molecule has 0 aliphatic rings. The van der Waals surface area contributed by atoms with E-state index in [1.54, 1.807) is 0 Å². The van der Waals surface area contributed by atoms with Crippen LogP contribution < -0.4 is 4.74 Å². The monoisotopic (exact) mass is 342 g/mol. The molecule has 0 bridgehead atoms. The molecule has 0 fully saturated rings. The van der Waals surface area contributed by atoms with Gasteiger partial charge in [-0.2, -0.15) is 0 Å². The van der Waals surface area contributed by atoms with Crippen molar-refractivity contribution in [2.45, 2.75) is 31.7 Å². The maximum Gasteiger partial charge on any atom is 0.129 e. The first-order chi connectivity index (χ1) is 12.4. The van der Waals surface area contributed by atoms with Crippen LogP contribution in [0.25, 0.3) is 10.9 Å². The van der Waals surface area contributed by atoms with Gasteiger partial charge in [-0.1, -0.05) is 41.6 Å². The first kappa shape index (κ1) is 18.7. The lowest BCUT2D eigenvalue weighted by molar-refractivity contribution is 0.265.